The summed E-state index contributed by atoms with van der Waals surface area (Å²) in [5.74, 6) is 2.62. The molecular weight excluding hydrogens is 635 g/mol. The second-order valence-electron chi connectivity index (χ2n) is 18.9. The summed E-state index contributed by atoms with van der Waals surface area (Å²) in [6.07, 6.45) is 2.84. The molecule has 4 aromatic carbocycles. The number of fused-ring (bicyclic) bond motifs is 7. The van der Waals surface area contributed by atoms with Gasteiger partial charge in [0.05, 0.1) is 5.69 Å². The normalized spacial score (nSPS) is 16.9. The first-order valence-corrected chi connectivity index (χ1v) is 18.8. The van der Waals surface area contributed by atoms with Gasteiger partial charge in [-0.3, -0.25) is 9.80 Å². The lowest BCUT2D eigenvalue weighted by Crippen LogP contribution is -2.61. The Hall–Kier alpha value is -4.84. The third-order valence-corrected chi connectivity index (χ3v) is 11.9. The van der Waals surface area contributed by atoms with E-state index in [1.54, 1.807) is 6.33 Å². The molecule has 262 valence electrons. The summed E-state index contributed by atoms with van der Waals surface area (Å²) in [5.41, 5.74) is 14.5. The van der Waals surface area contributed by atoms with E-state index in [0.29, 0.717) is 0 Å². The van der Waals surface area contributed by atoms with Gasteiger partial charge >= 0.3 is 0 Å². The van der Waals surface area contributed by atoms with Crippen LogP contribution < -0.4 is 26.2 Å². The third-order valence-electron chi connectivity index (χ3n) is 11.9. The lowest BCUT2D eigenvalue weighted by atomic mass is 9.34. The van der Waals surface area contributed by atoms with Crippen LogP contribution in [0, 0.1) is 6.92 Å². The number of hydrogen-bond acceptors (Lipinski definition) is 5. The lowest BCUT2D eigenvalue weighted by Gasteiger charge is -2.41. The predicted molar refractivity (Wildman–Crippen MR) is 219 cm³/mol. The van der Waals surface area contributed by atoms with Gasteiger partial charge < -0.3 is 4.42 Å². The van der Waals surface area contributed by atoms with Gasteiger partial charge in [-0.05, 0) is 105 Å². The Morgan fingerprint density at radius 1 is 0.654 bits per heavy atom. The highest BCUT2D eigenvalue weighted by Crippen LogP contribution is 2.52. The van der Waals surface area contributed by atoms with E-state index in [0.717, 1.165) is 57.4 Å². The average molecular weight is 685 g/mol. The van der Waals surface area contributed by atoms with Crippen molar-refractivity contribution >= 4 is 68.7 Å². The van der Waals surface area contributed by atoms with E-state index >= 15 is 0 Å². The zero-order valence-corrected chi connectivity index (χ0v) is 32.6. The van der Waals surface area contributed by atoms with Crippen molar-refractivity contribution < 1.29 is 4.42 Å². The van der Waals surface area contributed by atoms with E-state index in [-0.39, 0.29) is 28.4 Å². The topological polar surface area (TPSA) is 45.4 Å². The summed E-state index contributed by atoms with van der Waals surface area (Å²) >= 11 is 0. The van der Waals surface area contributed by atoms with Crippen LogP contribution in [0.2, 0.25) is 0 Å². The van der Waals surface area contributed by atoms with Crippen molar-refractivity contribution in [2.45, 2.75) is 104 Å². The maximum atomic E-state index is 7.04. The van der Waals surface area contributed by atoms with Crippen LogP contribution in [0.3, 0.4) is 0 Å². The largest absolute Gasteiger partial charge is 0.440 e. The highest BCUT2D eigenvalue weighted by molar-refractivity contribution is 7.01. The fourth-order valence-electron chi connectivity index (χ4n) is 9.51. The standard InChI is InChI=1S/C46H49BN4O/c1-27-12-20-36-35(22-27)47-38-32-23-29(44(5,6)7)15-21-37(32)52-42(38)51(31-18-19-33-34(24-31)46(10,11)25-45(33,8)9)41-39(47)40(48-26-49-41)50(36)30-16-13-28(14-17-30)43(2,3)4/h12-24,26H,25H2,1-11H3. The second kappa shape index (κ2) is 10.6. The van der Waals surface area contributed by atoms with Gasteiger partial charge in [-0.1, -0.05) is 111 Å². The smallest absolute Gasteiger partial charge is 0.261 e. The molecule has 0 saturated carbocycles. The zero-order valence-electron chi connectivity index (χ0n) is 32.6. The Kier molecular flexibility index (Phi) is 6.75. The predicted octanol–water partition coefficient (Wildman–Crippen LogP) is 10.2. The van der Waals surface area contributed by atoms with E-state index in [9.17, 15) is 0 Å². The molecule has 0 atom stereocenters. The maximum absolute atomic E-state index is 7.04. The van der Waals surface area contributed by atoms with Crippen molar-refractivity contribution in [1.82, 2.24) is 9.97 Å². The number of aryl methyl sites for hydroxylation is 1. The quantitative estimate of drug-likeness (QED) is 0.170. The van der Waals surface area contributed by atoms with E-state index in [1.165, 1.54) is 38.7 Å². The second-order valence-corrected chi connectivity index (χ2v) is 18.9. The van der Waals surface area contributed by atoms with E-state index < -0.39 is 0 Å². The fourth-order valence-corrected chi connectivity index (χ4v) is 9.51. The van der Waals surface area contributed by atoms with Gasteiger partial charge in [0.25, 0.3) is 6.71 Å². The Morgan fingerprint density at radius 2 is 1.29 bits per heavy atom. The molecule has 0 unspecified atom stereocenters. The van der Waals surface area contributed by atoms with Gasteiger partial charge in [-0.2, -0.15) is 0 Å². The molecule has 0 amide bonds. The Labute approximate surface area is 309 Å². The molecule has 6 heteroatoms. The van der Waals surface area contributed by atoms with Gasteiger partial charge in [0.1, 0.15) is 23.5 Å². The molecule has 9 rings (SSSR count). The molecule has 0 bridgehead atoms. The highest BCUT2D eigenvalue weighted by atomic mass is 16.4. The number of furan rings is 1. The van der Waals surface area contributed by atoms with Crippen LogP contribution in [0.1, 0.15) is 103 Å². The molecular formula is C46H49BN4O. The molecule has 52 heavy (non-hydrogen) atoms. The number of anilines is 6. The number of nitrogens with zero attached hydrogens (tertiary/aromatic N) is 4. The van der Waals surface area contributed by atoms with Crippen molar-refractivity contribution in [1.29, 1.82) is 0 Å². The number of benzene rings is 4. The van der Waals surface area contributed by atoms with Crippen molar-refractivity contribution in [2.24, 2.45) is 0 Å². The van der Waals surface area contributed by atoms with Gasteiger partial charge in [-0.25, -0.2) is 9.97 Å². The van der Waals surface area contributed by atoms with Crippen molar-refractivity contribution in [3.05, 3.63) is 113 Å². The van der Waals surface area contributed by atoms with Gasteiger partial charge in [0, 0.05) is 27.7 Å². The minimum Gasteiger partial charge on any atom is -0.440 e. The number of rotatable bonds is 2. The Balaban J connectivity index is 1.36. The summed E-state index contributed by atoms with van der Waals surface area (Å²) in [6, 6.07) is 29.7. The molecule has 0 saturated heterocycles. The summed E-state index contributed by atoms with van der Waals surface area (Å²) in [7, 11) is 0. The van der Waals surface area contributed by atoms with Crippen LogP contribution >= 0.6 is 0 Å². The molecule has 3 aliphatic rings. The molecule has 2 aliphatic heterocycles. The summed E-state index contributed by atoms with van der Waals surface area (Å²) in [5, 5.41) is 1.15. The SMILES string of the molecule is Cc1ccc2c(c1)B1c3c(ncnc3N(c3ccc4c(c3)C(C)(C)CC4(C)C)c3oc4ccc(C(C)(C)C)cc4c31)N2c1ccc(C(C)(C)C)cc1. The van der Waals surface area contributed by atoms with E-state index in [4.69, 9.17) is 14.4 Å². The van der Waals surface area contributed by atoms with Gasteiger partial charge in [0.2, 0.25) is 5.88 Å². The average Bonchev–Trinajstić information content (AvgIpc) is 3.53. The highest BCUT2D eigenvalue weighted by Gasteiger charge is 2.49. The first-order chi connectivity index (χ1) is 24.4. The first kappa shape index (κ1) is 33.0. The molecule has 0 spiro atoms. The lowest BCUT2D eigenvalue weighted by molar-refractivity contribution is 0.403. The third kappa shape index (κ3) is 4.75. The van der Waals surface area contributed by atoms with Crippen LogP contribution in [0.5, 0.6) is 0 Å². The molecule has 4 heterocycles. The van der Waals surface area contributed by atoms with Gasteiger partial charge in [0.15, 0.2) is 0 Å². The van der Waals surface area contributed by atoms with Crippen molar-refractivity contribution in [3.63, 3.8) is 0 Å². The Bertz CT molecular complexity index is 2440. The summed E-state index contributed by atoms with van der Waals surface area (Å²) in [4.78, 5) is 14.9. The molecule has 0 N–H and O–H groups in total. The molecule has 1 aliphatic carbocycles. The summed E-state index contributed by atoms with van der Waals surface area (Å²) < 4.78 is 7.04. The van der Waals surface area contributed by atoms with Crippen LogP contribution in [0.4, 0.5) is 34.6 Å². The van der Waals surface area contributed by atoms with Crippen molar-refractivity contribution in [2.75, 3.05) is 9.80 Å². The van der Waals surface area contributed by atoms with Crippen LogP contribution in [0.25, 0.3) is 11.0 Å². The zero-order chi connectivity index (χ0) is 36.7. The monoisotopic (exact) mass is 684 g/mol. The van der Waals surface area contributed by atoms with Crippen LogP contribution in [0.15, 0.2) is 89.6 Å². The van der Waals surface area contributed by atoms with Crippen LogP contribution in [-0.2, 0) is 21.7 Å². The van der Waals surface area contributed by atoms with Crippen molar-refractivity contribution in [3.8, 4) is 0 Å². The molecule has 0 radical (unpaired) electrons. The minimum absolute atomic E-state index is 0.0195. The Morgan fingerprint density at radius 3 is 1.98 bits per heavy atom. The first-order valence-electron chi connectivity index (χ1n) is 18.8. The van der Waals surface area contributed by atoms with E-state index in [2.05, 4.69) is 165 Å². The molecule has 0 fully saturated rings. The molecule has 6 aromatic rings. The summed E-state index contributed by atoms with van der Waals surface area (Å²) in [6.45, 7) is 25.2. The molecule has 2 aromatic heterocycles. The molecule has 5 nitrogen and oxygen atoms in total. The number of aromatic nitrogens is 2. The van der Waals surface area contributed by atoms with E-state index in [1.807, 2.05) is 0 Å². The fraction of sp³-hybridized carbons (Fsp3) is 0.348. The number of hydrogen-bond donors (Lipinski definition) is 0. The van der Waals surface area contributed by atoms with Crippen LogP contribution in [-0.4, -0.2) is 16.7 Å². The van der Waals surface area contributed by atoms with Gasteiger partial charge in [-0.15, -0.1) is 0 Å². The maximum Gasteiger partial charge on any atom is 0.261 e. The minimum atomic E-state index is -0.112.